The second-order valence-corrected chi connectivity index (χ2v) is 7.52. The van der Waals surface area contributed by atoms with E-state index in [9.17, 15) is 8.42 Å². The lowest BCUT2D eigenvalue weighted by atomic mass is 10.1. The number of aromatic nitrogens is 1. The van der Waals surface area contributed by atoms with Crippen LogP contribution < -0.4 is 4.72 Å². The van der Waals surface area contributed by atoms with E-state index in [1.807, 2.05) is 19.1 Å². The van der Waals surface area contributed by atoms with E-state index in [1.54, 1.807) is 39.0 Å². The summed E-state index contributed by atoms with van der Waals surface area (Å²) in [6.07, 6.45) is 0. The molecule has 0 saturated heterocycles. The molecule has 0 amide bonds. The van der Waals surface area contributed by atoms with E-state index in [-0.39, 0.29) is 11.6 Å². The highest BCUT2D eigenvalue weighted by Crippen LogP contribution is 2.27. The van der Waals surface area contributed by atoms with Gasteiger partial charge in [-0.2, -0.15) is 10.2 Å². The normalized spacial score (nSPS) is 12.1. The van der Waals surface area contributed by atoms with Crippen molar-refractivity contribution in [2.45, 2.75) is 38.3 Å². The van der Waals surface area contributed by atoms with Crippen molar-refractivity contribution < 1.29 is 12.8 Å². The molecule has 0 bridgehead atoms. The van der Waals surface area contributed by atoms with E-state index >= 15 is 0 Å². The summed E-state index contributed by atoms with van der Waals surface area (Å²) in [5.41, 5.74) is 0.577. The average molecular weight is 319 g/mol. The van der Waals surface area contributed by atoms with E-state index in [0.29, 0.717) is 5.56 Å². The Morgan fingerprint density at radius 3 is 2.45 bits per heavy atom. The minimum absolute atomic E-state index is 0.115. The second kappa shape index (κ2) is 5.55. The van der Waals surface area contributed by atoms with Crippen molar-refractivity contribution in [1.82, 2.24) is 9.71 Å². The number of benzene rings is 1. The van der Waals surface area contributed by atoms with Gasteiger partial charge >= 0.3 is 0 Å². The van der Waals surface area contributed by atoms with Crippen molar-refractivity contribution in [2.24, 2.45) is 0 Å². The van der Waals surface area contributed by atoms with Crippen LogP contribution in [0.4, 0.5) is 0 Å². The van der Waals surface area contributed by atoms with Gasteiger partial charge in [-0.25, -0.2) is 13.1 Å². The van der Waals surface area contributed by atoms with E-state index < -0.39 is 20.7 Å². The fraction of sp³-hybridized carbons (Fsp3) is 0.333. The van der Waals surface area contributed by atoms with Gasteiger partial charge in [0.25, 0.3) is 15.1 Å². The van der Waals surface area contributed by atoms with Crippen molar-refractivity contribution >= 4 is 10.0 Å². The first kappa shape index (κ1) is 16.2. The molecule has 1 aromatic heterocycles. The van der Waals surface area contributed by atoms with Crippen LogP contribution in [0.15, 0.2) is 33.8 Å². The van der Waals surface area contributed by atoms with Gasteiger partial charge in [-0.15, -0.1) is 0 Å². The lowest BCUT2D eigenvalue weighted by Crippen LogP contribution is -2.40. The highest BCUT2D eigenvalue weighted by molar-refractivity contribution is 7.89. The van der Waals surface area contributed by atoms with Crippen LogP contribution in [0.3, 0.4) is 0 Å². The van der Waals surface area contributed by atoms with Crippen LogP contribution in [0.1, 0.15) is 32.0 Å². The Kier molecular flexibility index (Phi) is 4.09. The minimum atomic E-state index is -3.96. The third-order valence-corrected chi connectivity index (χ3v) is 4.41. The molecule has 6 nitrogen and oxygen atoms in total. The summed E-state index contributed by atoms with van der Waals surface area (Å²) in [5.74, 6) is 0.115. The molecule has 1 N–H and O–H groups in total. The number of sulfonamides is 1. The van der Waals surface area contributed by atoms with Gasteiger partial charge in [-0.3, -0.25) is 0 Å². The third-order valence-electron chi connectivity index (χ3n) is 2.76. The first-order valence-corrected chi connectivity index (χ1v) is 8.13. The highest BCUT2D eigenvalue weighted by Gasteiger charge is 2.30. The van der Waals surface area contributed by atoms with E-state index in [1.165, 1.54) is 0 Å². The molecule has 2 aromatic rings. The molecule has 0 aliphatic rings. The number of hydrogen-bond acceptors (Lipinski definition) is 5. The van der Waals surface area contributed by atoms with Crippen LogP contribution in [0.5, 0.6) is 0 Å². The van der Waals surface area contributed by atoms with Gasteiger partial charge in [-0.1, -0.05) is 18.2 Å². The Morgan fingerprint density at radius 2 is 1.91 bits per heavy atom. The van der Waals surface area contributed by atoms with Gasteiger partial charge in [0, 0.05) is 11.1 Å². The molecule has 0 radical (unpaired) electrons. The van der Waals surface area contributed by atoms with Gasteiger partial charge < -0.3 is 4.42 Å². The Labute approximate surface area is 129 Å². The summed E-state index contributed by atoms with van der Waals surface area (Å²) in [6.45, 7) is 6.97. The van der Waals surface area contributed by atoms with Gasteiger partial charge in [0.1, 0.15) is 6.07 Å². The second-order valence-electron chi connectivity index (χ2n) is 5.94. The van der Waals surface area contributed by atoms with E-state index in [2.05, 4.69) is 9.71 Å². The molecule has 0 atom stereocenters. The van der Waals surface area contributed by atoms with Crippen LogP contribution in [0.2, 0.25) is 0 Å². The highest BCUT2D eigenvalue weighted by atomic mass is 32.2. The molecule has 0 saturated carbocycles. The summed E-state index contributed by atoms with van der Waals surface area (Å²) in [5, 5.41) is 8.69. The van der Waals surface area contributed by atoms with Crippen LogP contribution in [-0.2, 0) is 10.0 Å². The number of oxazole rings is 1. The predicted octanol–water partition coefficient (Wildman–Crippen LogP) is 2.60. The Morgan fingerprint density at radius 1 is 1.27 bits per heavy atom. The SMILES string of the molecule is Cc1ccccc1-c1nc(C#N)c(S(=O)(=O)NC(C)(C)C)o1. The summed E-state index contributed by atoms with van der Waals surface area (Å²) < 4.78 is 32.6. The molecule has 0 spiro atoms. The molecular weight excluding hydrogens is 302 g/mol. The fourth-order valence-electron chi connectivity index (χ4n) is 1.94. The third kappa shape index (κ3) is 3.35. The number of nitriles is 1. The first-order chi connectivity index (χ1) is 10.1. The lowest BCUT2D eigenvalue weighted by molar-refractivity contribution is 0.433. The van der Waals surface area contributed by atoms with Crippen molar-refractivity contribution in [3.05, 3.63) is 35.5 Å². The molecule has 0 aliphatic heterocycles. The largest absolute Gasteiger partial charge is 0.422 e. The zero-order valence-corrected chi connectivity index (χ0v) is 13.7. The predicted molar refractivity (Wildman–Crippen MR) is 81.5 cm³/mol. The Bertz CT molecular complexity index is 840. The zero-order valence-electron chi connectivity index (χ0n) is 12.8. The molecule has 2 rings (SSSR count). The molecule has 1 heterocycles. The van der Waals surface area contributed by atoms with Gasteiger partial charge in [0.05, 0.1) is 0 Å². The van der Waals surface area contributed by atoms with Crippen LogP contribution in [-0.4, -0.2) is 18.9 Å². The number of nitrogens with zero attached hydrogens (tertiary/aromatic N) is 2. The van der Waals surface area contributed by atoms with Crippen LogP contribution in [0, 0.1) is 18.3 Å². The average Bonchev–Trinajstić information content (AvgIpc) is 2.81. The molecule has 1 aromatic carbocycles. The smallest absolute Gasteiger partial charge is 0.277 e. The monoisotopic (exact) mass is 319 g/mol. The number of aryl methyl sites for hydroxylation is 1. The maximum atomic E-state index is 12.4. The standard InChI is InChI=1S/C15H17N3O3S/c1-10-7-5-6-8-11(10)13-17-12(9-16)14(21-13)22(19,20)18-15(2,3)4/h5-8,18H,1-4H3. The molecule has 0 fully saturated rings. The quantitative estimate of drug-likeness (QED) is 0.938. The Balaban J connectivity index is 2.56. The summed E-state index contributed by atoms with van der Waals surface area (Å²) >= 11 is 0. The molecular formula is C15H17N3O3S. The topological polar surface area (TPSA) is 96.0 Å². The van der Waals surface area contributed by atoms with Crippen LogP contribution in [0.25, 0.3) is 11.5 Å². The van der Waals surface area contributed by atoms with Gasteiger partial charge in [0.2, 0.25) is 5.89 Å². The van der Waals surface area contributed by atoms with Crippen LogP contribution >= 0.6 is 0 Å². The summed E-state index contributed by atoms with van der Waals surface area (Å²) in [7, 11) is -3.96. The van der Waals surface area contributed by atoms with Gasteiger partial charge in [-0.05, 0) is 39.3 Å². The Hall–Kier alpha value is -2.17. The summed E-state index contributed by atoms with van der Waals surface area (Å²) in [4.78, 5) is 4.01. The maximum Gasteiger partial charge on any atom is 0.277 e. The van der Waals surface area contributed by atoms with Crippen molar-refractivity contribution in [2.75, 3.05) is 0 Å². The maximum absolute atomic E-state index is 12.4. The summed E-state index contributed by atoms with van der Waals surface area (Å²) in [6, 6.07) is 9.03. The molecule has 0 unspecified atom stereocenters. The molecule has 0 aliphatic carbocycles. The molecule has 7 heteroatoms. The van der Waals surface area contributed by atoms with Crippen molar-refractivity contribution in [3.8, 4) is 17.5 Å². The van der Waals surface area contributed by atoms with Gasteiger partial charge in [0.15, 0.2) is 5.69 Å². The fourth-order valence-corrected chi connectivity index (χ4v) is 3.37. The van der Waals surface area contributed by atoms with Crippen molar-refractivity contribution in [1.29, 1.82) is 5.26 Å². The number of hydrogen-bond donors (Lipinski definition) is 1. The van der Waals surface area contributed by atoms with E-state index in [0.717, 1.165) is 5.56 Å². The molecule has 116 valence electrons. The lowest BCUT2D eigenvalue weighted by Gasteiger charge is -2.18. The van der Waals surface area contributed by atoms with E-state index in [4.69, 9.17) is 9.68 Å². The van der Waals surface area contributed by atoms with Crippen molar-refractivity contribution in [3.63, 3.8) is 0 Å². The zero-order chi connectivity index (χ0) is 16.5. The molecule has 22 heavy (non-hydrogen) atoms. The number of nitrogens with one attached hydrogen (secondary N) is 1. The minimum Gasteiger partial charge on any atom is -0.422 e. The number of rotatable bonds is 3. The first-order valence-electron chi connectivity index (χ1n) is 6.65.